The third-order valence-electron chi connectivity index (χ3n) is 2.89. The molecule has 7 heteroatoms. The molecule has 22 heavy (non-hydrogen) atoms. The van der Waals surface area contributed by atoms with Gasteiger partial charge >= 0.3 is 11.9 Å². The number of carboxylic acids is 1. The Morgan fingerprint density at radius 3 is 2.64 bits per heavy atom. The van der Waals surface area contributed by atoms with Crippen molar-refractivity contribution in [2.24, 2.45) is 5.92 Å². The van der Waals surface area contributed by atoms with Gasteiger partial charge in [-0.3, -0.25) is 9.59 Å². The molecule has 0 aromatic heterocycles. The molecule has 0 heterocycles. The van der Waals surface area contributed by atoms with Crippen LogP contribution in [0.2, 0.25) is 0 Å². The molecule has 1 aromatic carbocycles. The number of nitrogens with one attached hydrogen (secondary N) is 1. The summed E-state index contributed by atoms with van der Waals surface area (Å²) >= 11 is 0. The lowest BCUT2D eigenvalue weighted by Gasteiger charge is -2.19. The maximum Gasteiger partial charge on any atom is 0.326 e. The van der Waals surface area contributed by atoms with Crippen LogP contribution in [0.3, 0.4) is 0 Å². The Morgan fingerprint density at radius 1 is 1.41 bits per heavy atom. The number of hydrogen-bond acceptors (Lipinski definition) is 5. The van der Waals surface area contributed by atoms with Crippen LogP contribution in [0.1, 0.15) is 30.6 Å². The summed E-state index contributed by atoms with van der Waals surface area (Å²) in [5.41, 5.74) is 0.161. The second kappa shape index (κ2) is 7.78. The van der Waals surface area contributed by atoms with Crippen molar-refractivity contribution in [1.29, 1.82) is 5.26 Å². The molecule has 0 fully saturated rings. The Kier molecular flexibility index (Phi) is 6.08. The van der Waals surface area contributed by atoms with Gasteiger partial charge in [-0.1, -0.05) is 13.0 Å². The van der Waals surface area contributed by atoms with Crippen LogP contribution in [-0.4, -0.2) is 29.0 Å². The van der Waals surface area contributed by atoms with Crippen molar-refractivity contribution < 1.29 is 24.2 Å². The zero-order valence-corrected chi connectivity index (χ0v) is 12.2. The highest BCUT2D eigenvalue weighted by Crippen LogP contribution is 2.15. The van der Waals surface area contributed by atoms with Crippen molar-refractivity contribution in [3.05, 3.63) is 29.8 Å². The molecule has 2 N–H and O–H groups in total. The highest BCUT2D eigenvalue weighted by atomic mass is 16.5. The number of ether oxygens (including phenoxy) is 1. The summed E-state index contributed by atoms with van der Waals surface area (Å²) in [5, 5.41) is 20.1. The summed E-state index contributed by atoms with van der Waals surface area (Å²) in [6.45, 7) is 2.80. The monoisotopic (exact) mass is 304 g/mol. The summed E-state index contributed by atoms with van der Waals surface area (Å²) in [6.07, 6.45) is 0.00470. The number of aliphatic carboxylic acids is 1. The fraction of sp³-hybridized carbons (Fsp3) is 0.333. The van der Waals surface area contributed by atoms with E-state index in [9.17, 15) is 14.4 Å². The Bertz CT molecular complexity index is 621. The summed E-state index contributed by atoms with van der Waals surface area (Å²) in [7, 11) is 0. The maximum absolute atomic E-state index is 12.1. The van der Waals surface area contributed by atoms with Crippen molar-refractivity contribution >= 4 is 17.8 Å². The molecule has 0 unspecified atom stereocenters. The van der Waals surface area contributed by atoms with Crippen LogP contribution < -0.4 is 10.1 Å². The van der Waals surface area contributed by atoms with Gasteiger partial charge in [0.15, 0.2) is 0 Å². The first-order valence-corrected chi connectivity index (χ1v) is 6.54. The summed E-state index contributed by atoms with van der Waals surface area (Å²) in [5.74, 6) is -2.71. The van der Waals surface area contributed by atoms with Crippen LogP contribution in [0.5, 0.6) is 5.75 Å². The van der Waals surface area contributed by atoms with Crippen molar-refractivity contribution in [2.75, 3.05) is 0 Å². The molecule has 0 aliphatic rings. The van der Waals surface area contributed by atoms with Crippen molar-refractivity contribution in [3.8, 4) is 11.8 Å². The van der Waals surface area contributed by atoms with Gasteiger partial charge < -0.3 is 15.2 Å². The molecule has 1 aromatic rings. The van der Waals surface area contributed by atoms with Gasteiger partial charge in [0.05, 0.1) is 6.07 Å². The van der Waals surface area contributed by atoms with Crippen molar-refractivity contribution in [2.45, 2.75) is 26.3 Å². The van der Waals surface area contributed by atoms with E-state index in [1.165, 1.54) is 31.2 Å². The van der Waals surface area contributed by atoms with Gasteiger partial charge in [0.1, 0.15) is 11.8 Å². The lowest BCUT2D eigenvalue weighted by Crippen LogP contribution is -2.45. The fourth-order valence-corrected chi connectivity index (χ4v) is 1.80. The van der Waals surface area contributed by atoms with Gasteiger partial charge in [-0.05, 0) is 18.2 Å². The molecule has 7 nitrogen and oxygen atoms in total. The van der Waals surface area contributed by atoms with E-state index in [1.54, 1.807) is 6.92 Å². The first-order valence-electron chi connectivity index (χ1n) is 6.54. The largest absolute Gasteiger partial charge is 0.480 e. The maximum atomic E-state index is 12.1. The standard InChI is InChI=1S/C15H16N2O5/c1-9(6-7-16)13(15(20)21)17-14(19)11-4-3-5-12(8-11)22-10(2)18/h3-5,8-9,13H,6H2,1-2H3,(H,17,19)(H,20,21)/t9-,13+/m1/s1. The first-order chi connectivity index (χ1) is 10.3. The Hall–Kier alpha value is -2.88. The number of carboxylic acid groups (broad SMARTS) is 1. The third-order valence-corrected chi connectivity index (χ3v) is 2.89. The molecular formula is C15H16N2O5. The number of benzene rings is 1. The summed E-state index contributed by atoms with van der Waals surface area (Å²) in [4.78, 5) is 34.2. The average molecular weight is 304 g/mol. The lowest BCUT2D eigenvalue weighted by molar-refractivity contribution is -0.140. The van der Waals surface area contributed by atoms with E-state index in [4.69, 9.17) is 15.1 Å². The highest BCUT2D eigenvalue weighted by Gasteiger charge is 2.26. The molecule has 0 aliphatic carbocycles. The molecule has 0 spiro atoms. The average Bonchev–Trinajstić information content (AvgIpc) is 2.43. The minimum atomic E-state index is -1.22. The van der Waals surface area contributed by atoms with E-state index < -0.39 is 29.8 Å². The molecule has 0 bridgehead atoms. The molecule has 0 aliphatic heterocycles. The Morgan fingerprint density at radius 2 is 2.09 bits per heavy atom. The van der Waals surface area contributed by atoms with E-state index in [2.05, 4.69) is 5.32 Å². The predicted molar refractivity (Wildman–Crippen MR) is 76.0 cm³/mol. The van der Waals surface area contributed by atoms with Crippen LogP contribution >= 0.6 is 0 Å². The minimum Gasteiger partial charge on any atom is -0.480 e. The minimum absolute atomic E-state index is 0.00470. The van der Waals surface area contributed by atoms with Gasteiger partial charge in [0, 0.05) is 24.8 Å². The lowest BCUT2D eigenvalue weighted by atomic mass is 9.98. The number of esters is 1. The van der Waals surface area contributed by atoms with E-state index in [0.717, 1.165) is 0 Å². The zero-order chi connectivity index (χ0) is 16.7. The van der Waals surface area contributed by atoms with Crippen molar-refractivity contribution in [1.82, 2.24) is 5.32 Å². The van der Waals surface area contributed by atoms with Gasteiger partial charge in [0.2, 0.25) is 0 Å². The second-order valence-electron chi connectivity index (χ2n) is 4.75. The quantitative estimate of drug-likeness (QED) is 0.605. The fourth-order valence-electron chi connectivity index (χ4n) is 1.80. The van der Waals surface area contributed by atoms with Crippen LogP contribution in [0.4, 0.5) is 0 Å². The number of hydrogen-bond donors (Lipinski definition) is 2. The number of nitrogens with zero attached hydrogens (tertiary/aromatic N) is 1. The van der Waals surface area contributed by atoms with Crippen LogP contribution in [0, 0.1) is 17.2 Å². The van der Waals surface area contributed by atoms with Gasteiger partial charge in [-0.15, -0.1) is 0 Å². The molecule has 2 atom stereocenters. The summed E-state index contributed by atoms with van der Waals surface area (Å²) < 4.78 is 4.87. The Labute approximate surface area is 127 Å². The number of carbonyl (C=O) groups excluding carboxylic acids is 2. The molecule has 0 radical (unpaired) electrons. The van der Waals surface area contributed by atoms with Crippen LogP contribution in [0.15, 0.2) is 24.3 Å². The van der Waals surface area contributed by atoms with Crippen LogP contribution in [0.25, 0.3) is 0 Å². The zero-order valence-electron chi connectivity index (χ0n) is 12.2. The Balaban J connectivity index is 2.88. The molecule has 1 amide bonds. The highest BCUT2D eigenvalue weighted by molar-refractivity contribution is 5.97. The van der Waals surface area contributed by atoms with Gasteiger partial charge in [0.25, 0.3) is 5.91 Å². The second-order valence-corrected chi connectivity index (χ2v) is 4.75. The SMILES string of the molecule is CC(=O)Oc1cccc(C(=O)N[C@H](C(=O)O)[C@H](C)CC#N)c1. The molecule has 0 saturated carbocycles. The molecular weight excluding hydrogens is 288 g/mol. The molecule has 0 saturated heterocycles. The number of amides is 1. The summed E-state index contributed by atoms with van der Waals surface area (Å²) in [6, 6.07) is 6.53. The van der Waals surface area contributed by atoms with Crippen LogP contribution in [-0.2, 0) is 9.59 Å². The number of rotatable bonds is 6. The van der Waals surface area contributed by atoms with E-state index in [0.29, 0.717) is 0 Å². The number of carbonyl (C=O) groups is 3. The smallest absolute Gasteiger partial charge is 0.326 e. The van der Waals surface area contributed by atoms with Crippen molar-refractivity contribution in [3.63, 3.8) is 0 Å². The topological polar surface area (TPSA) is 116 Å². The first kappa shape index (κ1) is 17.2. The van der Waals surface area contributed by atoms with E-state index in [1.807, 2.05) is 6.07 Å². The van der Waals surface area contributed by atoms with Gasteiger partial charge in [-0.2, -0.15) is 5.26 Å². The van der Waals surface area contributed by atoms with Gasteiger partial charge in [-0.25, -0.2) is 4.79 Å². The van der Waals surface area contributed by atoms with E-state index in [-0.39, 0.29) is 17.7 Å². The number of nitriles is 1. The molecule has 116 valence electrons. The molecule has 1 rings (SSSR count). The van der Waals surface area contributed by atoms with E-state index >= 15 is 0 Å². The predicted octanol–water partition coefficient (Wildman–Crippen LogP) is 1.34. The normalized spacial score (nSPS) is 12.6. The third kappa shape index (κ3) is 4.90.